The molecular weight excluding hydrogens is 286 g/mol. The summed E-state index contributed by atoms with van der Waals surface area (Å²) in [6, 6.07) is 16.4. The van der Waals surface area contributed by atoms with Gasteiger partial charge in [-0.3, -0.25) is 9.78 Å². The average Bonchev–Trinajstić information content (AvgIpc) is 2.60. The molecule has 1 unspecified atom stereocenters. The summed E-state index contributed by atoms with van der Waals surface area (Å²) in [6.07, 6.45) is 2.54. The van der Waals surface area contributed by atoms with E-state index in [1.807, 2.05) is 18.2 Å². The van der Waals surface area contributed by atoms with Gasteiger partial charge in [0.05, 0.1) is 11.4 Å². The van der Waals surface area contributed by atoms with Crippen LogP contribution in [0.2, 0.25) is 0 Å². The highest BCUT2D eigenvalue weighted by atomic mass is 16.1. The molecule has 0 fully saturated rings. The van der Waals surface area contributed by atoms with Crippen molar-refractivity contribution in [1.29, 1.82) is 0 Å². The standard InChI is InChI=1S/C19H17N3O/c20-19(23)15-7-9-22-18-6-4-13(11-16(15)18)12-3-5-17-14(10-12)2-1-8-21-17/h1-6,8,10-11,15,22H,7,9H2,(H2,20,23). The van der Waals surface area contributed by atoms with E-state index in [0.29, 0.717) is 0 Å². The van der Waals surface area contributed by atoms with E-state index in [1.54, 1.807) is 6.20 Å². The molecule has 0 saturated heterocycles. The maximum absolute atomic E-state index is 11.7. The Bertz CT molecular complexity index is 904. The molecule has 4 heteroatoms. The molecule has 1 atom stereocenters. The number of rotatable bonds is 2. The molecule has 0 radical (unpaired) electrons. The second-order valence-corrected chi connectivity index (χ2v) is 5.88. The Hall–Kier alpha value is -2.88. The number of anilines is 1. The van der Waals surface area contributed by atoms with Crippen molar-refractivity contribution in [2.45, 2.75) is 12.3 Å². The highest BCUT2D eigenvalue weighted by Crippen LogP contribution is 2.35. The van der Waals surface area contributed by atoms with E-state index in [1.165, 1.54) is 0 Å². The van der Waals surface area contributed by atoms with E-state index in [-0.39, 0.29) is 11.8 Å². The van der Waals surface area contributed by atoms with Crippen LogP contribution in [0.5, 0.6) is 0 Å². The van der Waals surface area contributed by atoms with Crippen LogP contribution < -0.4 is 11.1 Å². The number of amides is 1. The topological polar surface area (TPSA) is 68.0 Å². The van der Waals surface area contributed by atoms with Crippen molar-refractivity contribution in [2.75, 3.05) is 11.9 Å². The third-order valence-electron chi connectivity index (χ3n) is 4.46. The fraction of sp³-hybridized carbons (Fsp3) is 0.158. The van der Waals surface area contributed by atoms with Crippen molar-refractivity contribution in [1.82, 2.24) is 4.98 Å². The molecule has 23 heavy (non-hydrogen) atoms. The lowest BCUT2D eigenvalue weighted by atomic mass is 9.88. The Balaban J connectivity index is 1.82. The van der Waals surface area contributed by atoms with E-state index < -0.39 is 0 Å². The number of aromatic nitrogens is 1. The summed E-state index contributed by atoms with van der Waals surface area (Å²) in [5.41, 5.74) is 10.7. The third kappa shape index (κ3) is 2.42. The molecule has 0 saturated carbocycles. The van der Waals surface area contributed by atoms with Gasteiger partial charge < -0.3 is 11.1 Å². The van der Waals surface area contributed by atoms with Crippen LogP contribution in [0.25, 0.3) is 22.0 Å². The minimum atomic E-state index is -0.257. The number of hydrogen-bond acceptors (Lipinski definition) is 3. The molecule has 114 valence electrons. The van der Waals surface area contributed by atoms with Crippen molar-refractivity contribution >= 4 is 22.5 Å². The van der Waals surface area contributed by atoms with Gasteiger partial charge in [0.2, 0.25) is 5.91 Å². The summed E-state index contributed by atoms with van der Waals surface area (Å²) in [7, 11) is 0. The highest BCUT2D eigenvalue weighted by Gasteiger charge is 2.24. The molecular formula is C19H17N3O. The maximum Gasteiger partial charge on any atom is 0.225 e. The number of fused-ring (bicyclic) bond motifs is 2. The minimum absolute atomic E-state index is 0.215. The van der Waals surface area contributed by atoms with Gasteiger partial charge in [-0.1, -0.05) is 18.2 Å². The molecule has 4 nitrogen and oxygen atoms in total. The zero-order valence-electron chi connectivity index (χ0n) is 12.6. The summed E-state index contributed by atoms with van der Waals surface area (Å²) >= 11 is 0. The molecule has 2 heterocycles. The predicted molar refractivity (Wildman–Crippen MR) is 92.2 cm³/mol. The molecule has 2 aromatic carbocycles. The van der Waals surface area contributed by atoms with Crippen molar-refractivity contribution in [2.24, 2.45) is 5.73 Å². The van der Waals surface area contributed by atoms with Crippen molar-refractivity contribution in [3.05, 3.63) is 60.3 Å². The van der Waals surface area contributed by atoms with Crippen LogP contribution in [0.3, 0.4) is 0 Å². The van der Waals surface area contributed by atoms with E-state index in [4.69, 9.17) is 5.73 Å². The predicted octanol–water partition coefficient (Wildman–Crippen LogP) is 3.29. The Kier molecular flexibility index (Phi) is 3.23. The van der Waals surface area contributed by atoms with Crippen LogP contribution in [0.1, 0.15) is 17.9 Å². The van der Waals surface area contributed by atoms with Crippen LogP contribution in [-0.4, -0.2) is 17.4 Å². The number of carbonyl (C=O) groups is 1. The van der Waals surface area contributed by atoms with Crippen molar-refractivity contribution in [3.8, 4) is 11.1 Å². The molecule has 0 aliphatic carbocycles. The number of primary amides is 1. The fourth-order valence-electron chi connectivity index (χ4n) is 3.25. The maximum atomic E-state index is 11.7. The van der Waals surface area contributed by atoms with Crippen LogP contribution in [0, 0.1) is 0 Å². The Labute approximate surface area is 134 Å². The number of nitrogens with zero attached hydrogens (tertiary/aromatic N) is 1. The summed E-state index contributed by atoms with van der Waals surface area (Å²) < 4.78 is 0. The molecule has 4 rings (SSSR count). The molecule has 1 aliphatic rings. The van der Waals surface area contributed by atoms with Crippen LogP contribution in [-0.2, 0) is 4.79 Å². The van der Waals surface area contributed by atoms with Gasteiger partial charge in [-0.05, 0) is 53.4 Å². The second-order valence-electron chi connectivity index (χ2n) is 5.88. The second kappa shape index (κ2) is 5.39. The zero-order chi connectivity index (χ0) is 15.8. The summed E-state index contributed by atoms with van der Waals surface area (Å²) in [5, 5.41) is 4.44. The first-order valence-electron chi connectivity index (χ1n) is 7.75. The van der Waals surface area contributed by atoms with Gasteiger partial charge in [-0.25, -0.2) is 0 Å². The largest absolute Gasteiger partial charge is 0.385 e. The van der Waals surface area contributed by atoms with Gasteiger partial charge in [0.1, 0.15) is 0 Å². The van der Waals surface area contributed by atoms with E-state index in [2.05, 4.69) is 40.6 Å². The molecule has 3 aromatic rings. The van der Waals surface area contributed by atoms with E-state index in [0.717, 1.165) is 46.2 Å². The third-order valence-corrected chi connectivity index (χ3v) is 4.46. The number of pyridine rings is 1. The first kappa shape index (κ1) is 13.8. The molecule has 1 amide bonds. The average molecular weight is 303 g/mol. The smallest absolute Gasteiger partial charge is 0.225 e. The lowest BCUT2D eigenvalue weighted by molar-refractivity contribution is -0.119. The number of carbonyl (C=O) groups excluding carboxylic acids is 1. The van der Waals surface area contributed by atoms with Crippen molar-refractivity contribution in [3.63, 3.8) is 0 Å². The SMILES string of the molecule is NC(=O)C1CCNc2ccc(-c3ccc4ncccc4c3)cc21. The summed E-state index contributed by atoms with van der Waals surface area (Å²) in [4.78, 5) is 16.1. The Morgan fingerprint density at radius 3 is 2.83 bits per heavy atom. The number of benzene rings is 2. The highest BCUT2D eigenvalue weighted by molar-refractivity contribution is 5.88. The lowest BCUT2D eigenvalue weighted by Gasteiger charge is -2.25. The van der Waals surface area contributed by atoms with Gasteiger partial charge in [0, 0.05) is 23.8 Å². The molecule has 1 aromatic heterocycles. The van der Waals surface area contributed by atoms with E-state index >= 15 is 0 Å². The molecule has 0 bridgehead atoms. The van der Waals surface area contributed by atoms with Gasteiger partial charge in [0.25, 0.3) is 0 Å². The molecule has 1 aliphatic heterocycles. The Morgan fingerprint density at radius 1 is 1.13 bits per heavy atom. The number of nitrogens with two attached hydrogens (primary N) is 1. The molecule has 3 N–H and O–H groups in total. The first-order chi connectivity index (χ1) is 11.2. The van der Waals surface area contributed by atoms with Crippen LogP contribution in [0.15, 0.2) is 54.7 Å². The number of hydrogen-bond donors (Lipinski definition) is 2. The lowest BCUT2D eigenvalue weighted by Crippen LogP contribution is -2.27. The van der Waals surface area contributed by atoms with Crippen LogP contribution >= 0.6 is 0 Å². The summed E-state index contributed by atoms with van der Waals surface area (Å²) in [6.45, 7) is 0.779. The fourth-order valence-corrected chi connectivity index (χ4v) is 3.25. The van der Waals surface area contributed by atoms with Gasteiger partial charge >= 0.3 is 0 Å². The van der Waals surface area contributed by atoms with Gasteiger partial charge in [0.15, 0.2) is 0 Å². The summed E-state index contributed by atoms with van der Waals surface area (Å²) in [5.74, 6) is -0.471. The quantitative estimate of drug-likeness (QED) is 0.763. The van der Waals surface area contributed by atoms with Gasteiger partial charge in [-0.15, -0.1) is 0 Å². The minimum Gasteiger partial charge on any atom is -0.385 e. The first-order valence-corrected chi connectivity index (χ1v) is 7.75. The van der Waals surface area contributed by atoms with Crippen LogP contribution in [0.4, 0.5) is 5.69 Å². The van der Waals surface area contributed by atoms with E-state index in [9.17, 15) is 4.79 Å². The zero-order valence-corrected chi connectivity index (χ0v) is 12.6. The Morgan fingerprint density at radius 2 is 1.96 bits per heavy atom. The normalized spacial score (nSPS) is 16.6. The van der Waals surface area contributed by atoms with Gasteiger partial charge in [-0.2, -0.15) is 0 Å². The monoisotopic (exact) mass is 303 g/mol. The number of nitrogens with one attached hydrogen (secondary N) is 1. The van der Waals surface area contributed by atoms with Crippen molar-refractivity contribution < 1.29 is 4.79 Å². The molecule has 0 spiro atoms.